The quantitative estimate of drug-likeness (QED) is 0.709. The molecule has 0 spiro atoms. The van der Waals surface area contributed by atoms with Crippen LogP contribution in [0.25, 0.3) is 10.9 Å². The van der Waals surface area contributed by atoms with Crippen molar-refractivity contribution in [1.29, 1.82) is 0 Å². The second-order valence-corrected chi connectivity index (χ2v) is 3.58. The zero-order valence-corrected chi connectivity index (χ0v) is 9.06. The molecular weight excluding hydrogens is 220 g/mol. The van der Waals surface area contributed by atoms with Crippen LogP contribution >= 0.6 is 0 Å². The fourth-order valence-corrected chi connectivity index (χ4v) is 1.58. The molecule has 2 aromatic rings. The van der Waals surface area contributed by atoms with Crippen LogP contribution in [-0.2, 0) is 0 Å². The number of carbonyl (C=O) groups excluding carboxylic acids is 1. The van der Waals surface area contributed by atoms with Gasteiger partial charge in [0.1, 0.15) is 5.56 Å². The Labute approximate surface area is 97.1 Å². The SMILES string of the molecule is O=C(NCCO)c1cc2ccccc2[nH]c1=O. The van der Waals surface area contributed by atoms with Gasteiger partial charge in [-0.05, 0) is 17.5 Å². The highest BCUT2D eigenvalue weighted by molar-refractivity contribution is 5.97. The average molecular weight is 232 g/mol. The molecule has 0 saturated heterocycles. The van der Waals surface area contributed by atoms with E-state index in [9.17, 15) is 9.59 Å². The zero-order chi connectivity index (χ0) is 12.3. The minimum Gasteiger partial charge on any atom is -0.395 e. The molecule has 0 bridgehead atoms. The first-order valence-corrected chi connectivity index (χ1v) is 5.23. The zero-order valence-electron chi connectivity index (χ0n) is 9.06. The van der Waals surface area contributed by atoms with Crippen LogP contribution < -0.4 is 10.9 Å². The highest BCUT2D eigenvalue weighted by Crippen LogP contribution is 2.09. The van der Waals surface area contributed by atoms with Crippen molar-refractivity contribution in [3.05, 3.63) is 46.2 Å². The van der Waals surface area contributed by atoms with Gasteiger partial charge in [0, 0.05) is 12.1 Å². The van der Waals surface area contributed by atoms with Crippen LogP contribution in [0.1, 0.15) is 10.4 Å². The number of fused-ring (bicyclic) bond motifs is 1. The minimum atomic E-state index is -0.481. The maximum Gasteiger partial charge on any atom is 0.261 e. The maximum absolute atomic E-state index is 11.7. The van der Waals surface area contributed by atoms with Gasteiger partial charge < -0.3 is 15.4 Å². The van der Waals surface area contributed by atoms with Gasteiger partial charge in [-0.25, -0.2) is 0 Å². The van der Waals surface area contributed by atoms with Crippen molar-refractivity contribution in [3.63, 3.8) is 0 Å². The third kappa shape index (κ3) is 2.34. The van der Waals surface area contributed by atoms with E-state index in [1.54, 1.807) is 12.1 Å². The van der Waals surface area contributed by atoms with E-state index in [4.69, 9.17) is 5.11 Å². The molecule has 17 heavy (non-hydrogen) atoms. The average Bonchev–Trinajstić information content (AvgIpc) is 2.35. The molecule has 0 atom stereocenters. The van der Waals surface area contributed by atoms with Crippen molar-refractivity contribution in [3.8, 4) is 0 Å². The van der Waals surface area contributed by atoms with E-state index < -0.39 is 11.5 Å². The summed E-state index contributed by atoms with van der Waals surface area (Å²) in [4.78, 5) is 25.9. The molecule has 2 rings (SSSR count). The normalized spacial score (nSPS) is 10.4. The van der Waals surface area contributed by atoms with E-state index in [0.717, 1.165) is 5.39 Å². The Morgan fingerprint density at radius 3 is 2.88 bits per heavy atom. The first kappa shape index (κ1) is 11.3. The highest BCUT2D eigenvalue weighted by atomic mass is 16.3. The Morgan fingerprint density at radius 2 is 2.12 bits per heavy atom. The van der Waals surface area contributed by atoms with E-state index >= 15 is 0 Å². The van der Waals surface area contributed by atoms with Crippen molar-refractivity contribution < 1.29 is 9.90 Å². The topological polar surface area (TPSA) is 82.2 Å². The Morgan fingerprint density at radius 1 is 1.35 bits per heavy atom. The molecule has 5 heteroatoms. The van der Waals surface area contributed by atoms with Gasteiger partial charge in [0.25, 0.3) is 11.5 Å². The number of aliphatic hydroxyl groups is 1. The van der Waals surface area contributed by atoms with Crippen molar-refractivity contribution >= 4 is 16.8 Å². The van der Waals surface area contributed by atoms with Gasteiger partial charge >= 0.3 is 0 Å². The molecule has 0 radical (unpaired) electrons. The number of hydrogen-bond donors (Lipinski definition) is 3. The van der Waals surface area contributed by atoms with Gasteiger partial charge in [0.2, 0.25) is 0 Å². The Balaban J connectivity index is 2.44. The second-order valence-electron chi connectivity index (χ2n) is 3.58. The van der Waals surface area contributed by atoms with Crippen molar-refractivity contribution in [2.24, 2.45) is 0 Å². The Bertz CT molecular complexity index is 604. The number of H-pyrrole nitrogens is 1. The summed E-state index contributed by atoms with van der Waals surface area (Å²) in [6.45, 7) is -0.0255. The number of carbonyl (C=O) groups is 1. The molecule has 88 valence electrons. The Kier molecular flexibility index (Phi) is 3.20. The van der Waals surface area contributed by atoms with E-state index in [1.807, 2.05) is 18.2 Å². The number of benzene rings is 1. The fraction of sp³-hybridized carbons (Fsp3) is 0.167. The third-order valence-corrected chi connectivity index (χ3v) is 2.40. The van der Waals surface area contributed by atoms with E-state index in [1.165, 1.54) is 0 Å². The lowest BCUT2D eigenvalue weighted by Gasteiger charge is -2.04. The summed E-state index contributed by atoms with van der Waals surface area (Å²) in [5.41, 5.74) is 0.312. The van der Waals surface area contributed by atoms with Crippen LogP contribution in [0.4, 0.5) is 0 Å². The lowest BCUT2D eigenvalue weighted by Crippen LogP contribution is -2.31. The monoisotopic (exact) mass is 232 g/mol. The van der Waals surface area contributed by atoms with Gasteiger partial charge in [-0.2, -0.15) is 0 Å². The number of aromatic nitrogens is 1. The molecule has 1 aromatic carbocycles. The number of rotatable bonds is 3. The standard InChI is InChI=1S/C12H12N2O3/c15-6-5-13-11(16)9-7-8-3-1-2-4-10(8)14-12(9)17/h1-4,7,15H,5-6H2,(H,13,16)(H,14,17). The van der Waals surface area contributed by atoms with Crippen molar-refractivity contribution in [2.45, 2.75) is 0 Å². The number of aliphatic hydroxyl groups excluding tert-OH is 1. The number of aromatic amines is 1. The number of nitrogens with one attached hydrogen (secondary N) is 2. The highest BCUT2D eigenvalue weighted by Gasteiger charge is 2.10. The van der Waals surface area contributed by atoms with Gasteiger partial charge in [-0.1, -0.05) is 18.2 Å². The van der Waals surface area contributed by atoms with E-state index in [0.29, 0.717) is 5.52 Å². The molecule has 0 fully saturated rings. The molecule has 0 aliphatic heterocycles. The lowest BCUT2D eigenvalue weighted by molar-refractivity contribution is 0.0943. The molecule has 1 amide bonds. The van der Waals surface area contributed by atoms with Gasteiger partial charge in [0.05, 0.1) is 6.61 Å². The molecule has 0 aliphatic carbocycles. The maximum atomic E-state index is 11.7. The van der Waals surface area contributed by atoms with Crippen molar-refractivity contribution in [1.82, 2.24) is 10.3 Å². The number of pyridine rings is 1. The molecule has 5 nitrogen and oxygen atoms in total. The molecule has 1 aromatic heterocycles. The van der Waals surface area contributed by atoms with Crippen LogP contribution in [0, 0.1) is 0 Å². The molecule has 0 saturated carbocycles. The van der Waals surface area contributed by atoms with Crippen LogP contribution in [0.2, 0.25) is 0 Å². The predicted molar refractivity (Wildman–Crippen MR) is 64.0 cm³/mol. The summed E-state index contributed by atoms with van der Waals surface area (Å²) in [7, 11) is 0. The second kappa shape index (κ2) is 4.80. The number of hydrogen-bond acceptors (Lipinski definition) is 3. The third-order valence-electron chi connectivity index (χ3n) is 2.40. The van der Waals surface area contributed by atoms with Crippen LogP contribution in [-0.4, -0.2) is 29.1 Å². The smallest absolute Gasteiger partial charge is 0.261 e. The van der Waals surface area contributed by atoms with Crippen LogP contribution in [0.3, 0.4) is 0 Å². The first-order chi connectivity index (χ1) is 8.22. The Hall–Kier alpha value is -2.14. The van der Waals surface area contributed by atoms with E-state index in [2.05, 4.69) is 10.3 Å². The first-order valence-electron chi connectivity index (χ1n) is 5.23. The summed E-state index contributed by atoms with van der Waals surface area (Å²) >= 11 is 0. The van der Waals surface area contributed by atoms with Crippen LogP contribution in [0.5, 0.6) is 0 Å². The molecule has 0 unspecified atom stereocenters. The summed E-state index contributed by atoms with van der Waals surface area (Å²) < 4.78 is 0. The van der Waals surface area contributed by atoms with Crippen molar-refractivity contribution in [2.75, 3.05) is 13.2 Å². The summed E-state index contributed by atoms with van der Waals surface area (Å²) in [5, 5.41) is 11.8. The number of amides is 1. The fourth-order valence-electron chi connectivity index (χ4n) is 1.58. The minimum absolute atomic E-state index is 0.0529. The lowest BCUT2D eigenvalue weighted by atomic mass is 10.1. The molecule has 1 heterocycles. The van der Waals surface area contributed by atoms with Gasteiger partial charge in [-0.15, -0.1) is 0 Å². The predicted octanol–water partition coefficient (Wildman–Crippen LogP) is 0.250. The summed E-state index contributed by atoms with van der Waals surface area (Å²) in [6, 6.07) is 8.76. The van der Waals surface area contributed by atoms with Crippen LogP contribution in [0.15, 0.2) is 35.1 Å². The molecular formula is C12H12N2O3. The summed E-state index contributed by atoms with van der Waals surface area (Å²) in [6.07, 6.45) is 0. The molecule has 0 aliphatic rings. The number of para-hydroxylation sites is 1. The van der Waals surface area contributed by atoms with Gasteiger partial charge in [-0.3, -0.25) is 9.59 Å². The van der Waals surface area contributed by atoms with Gasteiger partial charge in [0.15, 0.2) is 0 Å². The largest absolute Gasteiger partial charge is 0.395 e. The molecule has 3 N–H and O–H groups in total. The summed E-state index contributed by atoms with van der Waals surface area (Å²) in [5.74, 6) is -0.481. The van der Waals surface area contributed by atoms with E-state index in [-0.39, 0.29) is 18.7 Å².